The Bertz CT molecular complexity index is 985. The van der Waals surface area contributed by atoms with Gasteiger partial charge in [-0.3, -0.25) is 4.79 Å². The molecule has 0 spiro atoms. The predicted octanol–water partition coefficient (Wildman–Crippen LogP) is 3.79. The molecule has 0 radical (unpaired) electrons. The Morgan fingerprint density at radius 1 is 1.10 bits per heavy atom. The summed E-state index contributed by atoms with van der Waals surface area (Å²) in [5.41, 5.74) is -0.725. The van der Waals surface area contributed by atoms with Gasteiger partial charge in [-0.1, -0.05) is 12.5 Å². The number of halogens is 2. The van der Waals surface area contributed by atoms with Crippen LogP contribution in [0.15, 0.2) is 41.3 Å². The first-order valence-corrected chi connectivity index (χ1v) is 10.8. The van der Waals surface area contributed by atoms with E-state index in [4.69, 9.17) is 4.74 Å². The standard InChI is InChI=1S/C20H22F2N2O4S/c1-2-28-18-10-9-14(29(26,27)24-11-4-3-5-12-24)13-17(18)23-20(25)19-15(21)7-6-8-16(19)22/h6-10,13H,2-5,11-12H2,1H3,(H,23,25). The lowest BCUT2D eigenvalue weighted by Gasteiger charge is -2.26. The summed E-state index contributed by atoms with van der Waals surface area (Å²) in [5.74, 6) is -2.86. The van der Waals surface area contributed by atoms with Crippen molar-refractivity contribution in [3.05, 3.63) is 53.6 Å². The summed E-state index contributed by atoms with van der Waals surface area (Å²) in [6.07, 6.45) is 2.55. The highest BCUT2D eigenvalue weighted by Gasteiger charge is 2.27. The monoisotopic (exact) mass is 424 g/mol. The van der Waals surface area contributed by atoms with Crippen LogP contribution in [0.1, 0.15) is 36.5 Å². The maximum Gasteiger partial charge on any atom is 0.261 e. The molecule has 2 aromatic carbocycles. The van der Waals surface area contributed by atoms with Crippen LogP contribution in [0.5, 0.6) is 5.75 Å². The summed E-state index contributed by atoms with van der Waals surface area (Å²) in [4.78, 5) is 12.4. The molecule has 1 aliphatic rings. The van der Waals surface area contributed by atoms with Gasteiger partial charge in [0, 0.05) is 13.1 Å². The van der Waals surface area contributed by atoms with Crippen LogP contribution in [0.3, 0.4) is 0 Å². The number of rotatable bonds is 6. The lowest BCUT2D eigenvalue weighted by molar-refractivity contribution is 0.101. The third-order valence-corrected chi connectivity index (χ3v) is 6.54. The number of piperidine rings is 1. The second-order valence-corrected chi connectivity index (χ2v) is 8.54. The SMILES string of the molecule is CCOc1ccc(S(=O)(=O)N2CCCCC2)cc1NC(=O)c1c(F)cccc1F. The van der Waals surface area contributed by atoms with Gasteiger partial charge in [0.05, 0.1) is 17.2 Å². The minimum Gasteiger partial charge on any atom is -0.492 e. The second-order valence-electron chi connectivity index (χ2n) is 6.61. The van der Waals surface area contributed by atoms with Crippen LogP contribution in [-0.2, 0) is 10.0 Å². The molecule has 0 bridgehead atoms. The van der Waals surface area contributed by atoms with Crippen molar-refractivity contribution in [2.75, 3.05) is 25.0 Å². The fourth-order valence-corrected chi connectivity index (χ4v) is 4.75. The summed E-state index contributed by atoms with van der Waals surface area (Å²) >= 11 is 0. The van der Waals surface area contributed by atoms with E-state index < -0.39 is 33.1 Å². The highest BCUT2D eigenvalue weighted by molar-refractivity contribution is 7.89. The van der Waals surface area contributed by atoms with Gasteiger partial charge in [-0.25, -0.2) is 17.2 Å². The van der Waals surface area contributed by atoms with Crippen LogP contribution in [-0.4, -0.2) is 38.3 Å². The van der Waals surface area contributed by atoms with Gasteiger partial charge in [0.15, 0.2) is 0 Å². The van der Waals surface area contributed by atoms with E-state index in [0.717, 1.165) is 37.5 Å². The van der Waals surface area contributed by atoms with Gasteiger partial charge < -0.3 is 10.1 Å². The van der Waals surface area contributed by atoms with Gasteiger partial charge in [0.2, 0.25) is 10.0 Å². The number of sulfonamides is 1. The van der Waals surface area contributed by atoms with Crippen LogP contribution in [0.4, 0.5) is 14.5 Å². The summed E-state index contributed by atoms with van der Waals surface area (Å²) in [6.45, 7) is 2.84. The number of benzene rings is 2. The van der Waals surface area contributed by atoms with Crippen molar-refractivity contribution in [3.8, 4) is 5.75 Å². The minimum atomic E-state index is -3.75. The first kappa shape index (κ1) is 21.2. The first-order chi connectivity index (χ1) is 13.8. The number of nitrogens with one attached hydrogen (secondary N) is 1. The van der Waals surface area contributed by atoms with E-state index >= 15 is 0 Å². The molecular formula is C20H22F2N2O4S. The van der Waals surface area contributed by atoms with E-state index in [2.05, 4.69) is 5.32 Å². The Kier molecular flexibility index (Phi) is 6.49. The number of anilines is 1. The van der Waals surface area contributed by atoms with E-state index in [9.17, 15) is 22.0 Å². The Labute approximate surface area is 168 Å². The fourth-order valence-electron chi connectivity index (χ4n) is 3.20. The van der Waals surface area contributed by atoms with E-state index in [0.29, 0.717) is 13.1 Å². The highest BCUT2D eigenvalue weighted by Crippen LogP contribution is 2.31. The molecule has 1 fully saturated rings. The molecule has 0 unspecified atom stereocenters. The molecule has 1 amide bonds. The number of ether oxygens (including phenoxy) is 1. The molecular weight excluding hydrogens is 402 g/mol. The molecule has 2 aromatic rings. The quantitative estimate of drug-likeness (QED) is 0.766. The van der Waals surface area contributed by atoms with Crippen molar-refractivity contribution in [1.29, 1.82) is 0 Å². The highest BCUT2D eigenvalue weighted by atomic mass is 32.2. The van der Waals surface area contributed by atoms with Gasteiger partial charge in [-0.05, 0) is 50.1 Å². The third-order valence-electron chi connectivity index (χ3n) is 4.64. The summed E-state index contributed by atoms with van der Waals surface area (Å²) in [7, 11) is -3.75. The number of amides is 1. The molecule has 1 heterocycles. The normalized spacial score (nSPS) is 15.1. The summed E-state index contributed by atoms with van der Waals surface area (Å²) < 4.78 is 60.5. The van der Waals surface area contributed by atoms with Crippen molar-refractivity contribution in [3.63, 3.8) is 0 Å². The van der Waals surface area contributed by atoms with Crippen molar-refractivity contribution < 1.29 is 26.7 Å². The van der Waals surface area contributed by atoms with Gasteiger partial charge in [0.25, 0.3) is 5.91 Å². The van der Waals surface area contributed by atoms with Crippen LogP contribution < -0.4 is 10.1 Å². The zero-order valence-electron chi connectivity index (χ0n) is 16.0. The van der Waals surface area contributed by atoms with E-state index in [1.165, 1.54) is 22.5 Å². The molecule has 1 aliphatic heterocycles. The number of hydrogen-bond acceptors (Lipinski definition) is 4. The Morgan fingerprint density at radius 2 is 1.76 bits per heavy atom. The van der Waals surface area contributed by atoms with E-state index in [1.54, 1.807) is 6.92 Å². The Morgan fingerprint density at radius 3 is 2.38 bits per heavy atom. The molecule has 0 saturated carbocycles. The third kappa shape index (κ3) is 4.56. The molecule has 3 rings (SSSR count). The molecule has 9 heteroatoms. The average molecular weight is 424 g/mol. The average Bonchev–Trinajstić information content (AvgIpc) is 2.70. The number of nitrogens with zero attached hydrogens (tertiary/aromatic N) is 1. The van der Waals surface area contributed by atoms with Crippen molar-refractivity contribution >= 4 is 21.6 Å². The smallest absolute Gasteiger partial charge is 0.261 e. The van der Waals surface area contributed by atoms with Crippen LogP contribution in [0, 0.1) is 11.6 Å². The largest absolute Gasteiger partial charge is 0.492 e. The lowest BCUT2D eigenvalue weighted by Crippen LogP contribution is -2.35. The molecule has 0 aliphatic carbocycles. The van der Waals surface area contributed by atoms with Crippen molar-refractivity contribution in [1.82, 2.24) is 4.31 Å². The fraction of sp³-hybridized carbons (Fsp3) is 0.350. The van der Waals surface area contributed by atoms with Crippen LogP contribution in [0.25, 0.3) is 0 Å². The number of carbonyl (C=O) groups excluding carboxylic acids is 1. The van der Waals surface area contributed by atoms with Gasteiger partial charge >= 0.3 is 0 Å². The Hall–Kier alpha value is -2.52. The van der Waals surface area contributed by atoms with Gasteiger partial charge in [0.1, 0.15) is 22.9 Å². The molecule has 0 aromatic heterocycles. The molecule has 0 atom stereocenters. The zero-order chi connectivity index (χ0) is 21.0. The van der Waals surface area contributed by atoms with Gasteiger partial charge in [-0.15, -0.1) is 0 Å². The molecule has 6 nitrogen and oxygen atoms in total. The summed E-state index contributed by atoms with van der Waals surface area (Å²) in [5, 5.41) is 2.38. The number of carbonyl (C=O) groups is 1. The molecule has 156 valence electrons. The zero-order valence-corrected chi connectivity index (χ0v) is 16.8. The number of hydrogen-bond donors (Lipinski definition) is 1. The second kappa shape index (κ2) is 8.87. The maximum atomic E-state index is 13.9. The summed E-state index contributed by atoms with van der Waals surface area (Å²) in [6, 6.07) is 7.17. The molecule has 29 heavy (non-hydrogen) atoms. The maximum absolute atomic E-state index is 13.9. The predicted molar refractivity (Wildman–Crippen MR) is 105 cm³/mol. The topological polar surface area (TPSA) is 75.7 Å². The van der Waals surface area contributed by atoms with Crippen molar-refractivity contribution in [2.45, 2.75) is 31.1 Å². The van der Waals surface area contributed by atoms with E-state index in [-0.39, 0.29) is 22.9 Å². The molecule has 1 N–H and O–H groups in total. The van der Waals surface area contributed by atoms with Crippen LogP contribution >= 0.6 is 0 Å². The Balaban J connectivity index is 1.96. The van der Waals surface area contributed by atoms with Gasteiger partial charge in [-0.2, -0.15) is 4.31 Å². The van der Waals surface area contributed by atoms with E-state index in [1.807, 2.05) is 0 Å². The minimum absolute atomic E-state index is 0.0211. The van der Waals surface area contributed by atoms with Crippen molar-refractivity contribution in [2.24, 2.45) is 0 Å². The molecule has 1 saturated heterocycles. The first-order valence-electron chi connectivity index (χ1n) is 9.37. The lowest BCUT2D eigenvalue weighted by atomic mass is 10.1. The van der Waals surface area contributed by atoms with Crippen LogP contribution in [0.2, 0.25) is 0 Å².